The van der Waals surface area contributed by atoms with E-state index in [1.54, 1.807) is 12.1 Å². The lowest BCUT2D eigenvalue weighted by molar-refractivity contribution is 0.512. The number of benzene rings is 3. The van der Waals surface area contributed by atoms with E-state index in [1.807, 2.05) is 30.3 Å². The second-order valence-corrected chi connectivity index (χ2v) is 10.3. The molecule has 0 fully saturated rings. The largest absolute Gasteiger partial charge is 0.206 e. The highest BCUT2D eigenvalue weighted by Crippen LogP contribution is 2.33. The fourth-order valence-corrected chi connectivity index (χ4v) is 4.98. The van der Waals surface area contributed by atoms with E-state index in [1.165, 1.54) is 75.5 Å². The minimum Gasteiger partial charge on any atom is -0.206 e. The first kappa shape index (κ1) is 29.0. The van der Waals surface area contributed by atoms with Crippen LogP contribution in [0.5, 0.6) is 0 Å². The van der Waals surface area contributed by atoms with Crippen LogP contribution in [-0.2, 0) is 12.8 Å². The van der Waals surface area contributed by atoms with Crippen LogP contribution in [0.15, 0.2) is 54.6 Å². The highest BCUT2D eigenvalue weighted by Gasteiger charge is 2.18. The van der Waals surface area contributed by atoms with Gasteiger partial charge in [-0.25, -0.2) is 13.2 Å². The molecule has 3 heteroatoms. The van der Waals surface area contributed by atoms with Crippen LogP contribution < -0.4 is 0 Å². The van der Waals surface area contributed by atoms with Crippen LogP contribution in [0.3, 0.4) is 0 Å². The van der Waals surface area contributed by atoms with Gasteiger partial charge in [-0.3, -0.25) is 0 Å². The van der Waals surface area contributed by atoms with Crippen molar-refractivity contribution >= 4 is 0 Å². The molecule has 0 radical (unpaired) electrons. The number of hydrogen-bond donors (Lipinski definition) is 0. The first-order valence-corrected chi connectivity index (χ1v) is 14.4. The topological polar surface area (TPSA) is 0 Å². The van der Waals surface area contributed by atoms with Crippen LogP contribution in [0.1, 0.15) is 102 Å². The van der Waals surface area contributed by atoms with Crippen molar-refractivity contribution in [3.05, 3.63) is 83.2 Å². The molecule has 0 aliphatic carbocycles. The van der Waals surface area contributed by atoms with Gasteiger partial charge in [-0.15, -0.1) is 0 Å². The number of rotatable bonds is 16. The van der Waals surface area contributed by atoms with Crippen LogP contribution in [-0.4, -0.2) is 0 Å². The summed E-state index contributed by atoms with van der Waals surface area (Å²) in [5.41, 5.74) is 3.00. The summed E-state index contributed by atoms with van der Waals surface area (Å²) in [6, 6.07) is 15.6. The Morgan fingerprint density at radius 3 is 1.51 bits per heavy atom. The highest BCUT2D eigenvalue weighted by molar-refractivity contribution is 5.72. The minimum atomic E-state index is -1.00. The fraction of sp³-hybridized carbons (Fsp3) is 0.471. The maximum absolute atomic E-state index is 15.1. The molecule has 3 aromatic carbocycles. The SMILES string of the molecule is CCCCCCCCCc1ccc(-c2ccc(-c3ccc(CCCCCCC)cc3F)c(F)c2F)cc1. The highest BCUT2D eigenvalue weighted by atomic mass is 19.2. The number of hydrogen-bond acceptors (Lipinski definition) is 0. The van der Waals surface area contributed by atoms with Gasteiger partial charge in [-0.05, 0) is 48.4 Å². The average Bonchev–Trinajstić information content (AvgIpc) is 2.90. The first-order chi connectivity index (χ1) is 18.0. The monoisotopic (exact) mass is 508 g/mol. The van der Waals surface area contributed by atoms with E-state index in [0.29, 0.717) is 5.56 Å². The average molecular weight is 509 g/mol. The molecule has 37 heavy (non-hydrogen) atoms. The summed E-state index contributed by atoms with van der Waals surface area (Å²) in [7, 11) is 0. The normalized spacial score (nSPS) is 11.3. The van der Waals surface area contributed by atoms with E-state index in [9.17, 15) is 4.39 Å². The van der Waals surface area contributed by atoms with Crippen molar-refractivity contribution in [3.8, 4) is 22.3 Å². The molecule has 200 valence electrons. The van der Waals surface area contributed by atoms with E-state index in [2.05, 4.69) is 13.8 Å². The van der Waals surface area contributed by atoms with Crippen LogP contribution in [0.4, 0.5) is 13.2 Å². The summed E-state index contributed by atoms with van der Waals surface area (Å²) < 4.78 is 45.0. The third-order valence-electron chi connectivity index (χ3n) is 7.31. The van der Waals surface area contributed by atoms with Crippen LogP contribution >= 0.6 is 0 Å². The Kier molecular flexibility index (Phi) is 12.3. The van der Waals surface area contributed by atoms with E-state index in [4.69, 9.17) is 0 Å². The third-order valence-corrected chi connectivity index (χ3v) is 7.31. The standard InChI is InChI=1S/C34H43F3/c1-3-5-7-9-10-12-13-15-26-17-20-28(21-18-26)29-23-24-31(34(37)33(29)36)30-22-19-27(25-32(30)35)16-14-11-8-6-4-2/h17-25H,3-16H2,1-2H3. The Morgan fingerprint density at radius 1 is 0.459 bits per heavy atom. The van der Waals surface area contributed by atoms with Gasteiger partial charge in [0.2, 0.25) is 0 Å². The minimum absolute atomic E-state index is 0.0381. The van der Waals surface area contributed by atoms with Gasteiger partial charge in [0, 0.05) is 16.7 Å². The summed E-state index contributed by atoms with van der Waals surface area (Å²) >= 11 is 0. The molecule has 0 saturated heterocycles. The van der Waals surface area contributed by atoms with Crippen LogP contribution in [0, 0.1) is 17.5 Å². The van der Waals surface area contributed by atoms with E-state index >= 15 is 8.78 Å². The van der Waals surface area contributed by atoms with Gasteiger partial charge in [-0.1, -0.05) is 127 Å². The third kappa shape index (κ3) is 8.76. The second kappa shape index (κ2) is 15.6. The Hall–Kier alpha value is -2.55. The van der Waals surface area contributed by atoms with Crippen LogP contribution in [0.2, 0.25) is 0 Å². The van der Waals surface area contributed by atoms with E-state index < -0.39 is 17.5 Å². The second-order valence-electron chi connectivity index (χ2n) is 10.3. The van der Waals surface area contributed by atoms with E-state index in [0.717, 1.165) is 37.7 Å². The van der Waals surface area contributed by atoms with Crippen molar-refractivity contribution in [3.63, 3.8) is 0 Å². The molecule has 0 nitrogen and oxygen atoms in total. The lowest BCUT2D eigenvalue weighted by Crippen LogP contribution is -1.97. The number of halogens is 3. The first-order valence-electron chi connectivity index (χ1n) is 14.4. The zero-order valence-electron chi connectivity index (χ0n) is 22.7. The Bertz CT molecular complexity index is 1080. The summed E-state index contributed by atoms with van der Waals surface area (Å²) in [5.74, 6) is -2.44. The predicted molar refractivity (Wildman–Crippen MR) is 151 cm³/mol. The molecule has 0 amide bonds. The lowest BCUT2D eigenvalue weighted by atomic mass is 9.96. The van der Waals surface area contributed by atoms with Crippen molar-refractivity contribution in [2.75, 3.05) is 0 Å². The van der Waals surface area contributed by atoms with Gasteiger partial charge in [0.05, 0.1) is 0 Å². The van der Waals surface area contributed by atoms with Crippen molar-refractivity contribution < 1.29 is 13.2 Å². The maximum Gasteiger partial charge on any atom is 0.167 e. The smallest absolute Gasteiger partial charge is 0.167 e. The van der Waals surface area contributed by atoms with Gasteiger partial charge in [-0.2, -0.15) is 0 Å². The molecule has 0 aliphatic rings. The van der Waals surface area contributed by atoms with Gasteiger partial charge in [0.1, 0.15) is 5.82 Å². The van der Waals surface area contributed by atoms with Crippen molar-refractivity contribution in [2.45, 2.75) is 104 Å². The van der Waals surface area contributed by atoms with Crippen molar-refractivity contribution in [1.82, 2.24) is 0 Å². The lowest BCUT2D eigenvalue weighted by Gasteiger charge is -2.11. The predicted octanol–water partition coefficient (Wildman–Crippen LogP) is 11.2. The Labute approximate surface area is 222 Å². The fourth-order valence-electron chi connectivity index (χ4n) is 4.98. The molecular weight excluding hydrogens is 465 g/mol. The molecule has 0 saturated carbocycles. The van der Waals surface area contributed by atoms with Gasteiger partial charge in [0.25, 0.3) is 0 Å². The quantitative estimate of drug-likeness (QED) is 0.169. The van der Waals surface area contributed by atoms with Gasteiger partial charge >= 0.3 is 0 Å². The Morgan fingerprint density at radius 2 is 0.919 bits per heavy atom. The molecule has 0 atom stereocenters. The summed E-state index contributed by atoms with van der Waals surface area (Å²) in [6.07, 6.45) is 16.4. The molecule has 0 spiro atoms. The molecule has 3 aromatic rings. The molecule has 0 aromatic heterocycles. The number of aryl methyl sites for hydroxylation is 2. The Balaban J connectivity index is 1.62. The van der Waals surface area contributed by atoms with Crippen LogP contribution in [0.25, 0.3) is 22.3 Å². The van der Waals surface area contributed by atoms with E-state index in [-0.39, 0.29) is 16.7 Å². The summed E-state index contributed by atoms with van der Waals surface area (Å²) in [6.45, 7) is 4.41. The van der Waals surface area contributed by atoms with Crippen molar-refractivity contribution in [1.29, 1.82) is 0 Å². The molecule has 0 heterocycles. The summed E-state index contributed by atoms with van der Waals surface area (Å²) in [4.78, 5) is 0. The number of unbranched alkanes of at least 4 members (excludes halogenated alkanes) is 10. The summed E-state index contributed by atoms with van der Waals surface area (Å²) in [5, 5.41) is 0. The van der Waals surface area contributed by atoms with Crippen molar-refractivity contribution in [2.24, 2.45) is 0 Å². The molecule has 3 rings (SSSR count). The molecular formula is C34H43F3. The maximum atomic E-state index is 15.1. The molecule has 0 aliphatic heterocycles. The molecule has 0 bridgehead atoms. The zero-order chi connectivity index (χ0) is 26.5. The van der Waals surface area contributed by atoms with Gasteiger partial charge < -0.3 is 0 Å². The van der Waals surface area contributed by atoms with Gasteiger partial charge in [0.15, 0.2) is 11.6 Å². The zero-order valence-corrected chi connectivity index (χ0v) is 22.7. The molecule has 0 unspecified atom stereocenters. The molecule has 0 N–H and O–H groups in total.